The van der Waals surface area contributed by atoms with E-state index in [0.717, 1.165) is 149 Å². The third-order valence-corrected chi connectivity index (χ3v) is 33.4. The Hall–Kier alpha value is -19.1. The van der Waals surface area contributed by atoms with Crippen LogP contribution in [0.25, 0.3) is 313 Å². The first-order valence-electron chi connectivity index (χ1n) is 49.8. The van der Waals surface area contributed by atoms with Gasteiger partial charge in [0.2, 0.25) is 0 Å². The van der Waals surface area contributed by atoms with Gasteiger partial charge in [-0.25, -0.2) is 24.9 Å². The zero-order chi connectivity index (χ0) is 97.8. The van der Waals surface area contributed by atoms with Crippen LogP contribution in [0, 0.1) is 0 Å². The molecule has 19 aromatic carbocycles. The van der Waals surface area contributed by atoms with Crippen LogP contribution in [0.3, 0.4) is 0 Å². The molecule has 0 atom stereocenters. The zero-order valence-electron chi connectivity index (χ0n) is 79.6. The van der Waals surface area contributed by atoms with Crippen molar-refractivity contribution in [1.82, 2.24) is 54.8 Å². The molecule has 149 heavy (non-hydrogen) atoms. The van der Waals surface area contributed by atoms with Gasteiger partial charge in [0.05, 0.1) is 66.7 Å². The van der Waals surface area contributed by atoms with Crippen LogP contribution >= 0.6 is 34.0 Å². The van der Waals surface area contributed by atoms with Crippen molar-refractivity contribution in [2.75, 3.05) is 0 Å². The van der Waals surface area contributed by atoms with Crippen LogP contribution < -0.4 is 0 Å². The van der Waals surface area contributed by atoms with Gasteiger partial charge in [-0.15, -0.1) is 34.0 Å². The molecule has 32 aromatic rings. The molecule has 0 N–H and O–H groups in total. The molecule has 0 aliphatic heterocycles. The molecular formula is C135H77N11S3. The molecular weight excluding hydrogens is 1870 g/mol. The van der Waals surface area contributed by atoms with Crippen molar-refractivity contribution in [3.63, 3.8) is 0 Å². The van der Waals surface area contributed by atoms with E-state index in [1.165, 1.54) is 159 Å². The number of benzene rings is 19. The molecule has 11 nitrogen and oxygen atoms in total. The molecule has 0 aliphatic rings. The third-order valence-electron chi connectivity index (χ3n) is 29.8. The van der Waals surface area contributed by atoms with Crippen LogP contribution in [0.2, 0.25) is 0 Å². The summed E-state index contributed by atoms with van der Waals surface area (Å²) in [5.41, 5.74) is 27.2. The van der Waals surface area contributed by atoms with Crippen molar-refractivity contribution in [2.45, 2.75) is 0 Å². The Morgan fingerprint density at radius 2 is 0.450 bits per heavy atom. The summed E-state index contributed by atoms with van der Waals surface area (Å²) in [6, 6.07) is 149. The van der Waals surface area contributed by atoms with Gasteiger partial charge in [0.1, 0.15) is 0 Å². The standard InChI is InChI=1S/2C47H27N3S.C41H23N5S/c1-3-9-41-39(8-1)43-40(22-21-38-36-7-2-4-10-42(36)51-47(38)43)44(50-41)30-13-11-28(12-14-30)31-15-16-33-27-34(18-17-32(33)26-31)35-23-25-49-46-37(35)20-19-29-6-5-24-48-45(29)46;1-2-10-33-32(9-1)31(21-22-34(33)35-25-27-49-46-37(35)20-19-29-8-7-26-48-45(29)46)28-15-17-30(18-16-28)44-40-24-23-38-36-11-4-6-14-42(36)51-47(38)43(40)39-12-3-5-13-41(39)50-44;1-3-9-34-32(8-1)36-33(18-17-31-29-7-2-4-10-35(29)47-40(31)36)37(46-34)25-11-13-26(14-12-25)41-44-22-27(23-45-41)28-19-21-43-39-30(28)16-15-24-6-5-20-42-38(24)39/h2*1-27H;1-23H. The summed E-state index contributed by atoms with van der Waals surface area (Å²) in [6.07, 6.45) is 14.9. The Morgan fingerprint density at radius 1 is 0.154 bits per heavy atom. The van der Waals surface area contributed by atoms with Crippen LogP contribution in [-0.4, -0.2) is 54.8 Å². The predicted molar refractivity (Wildman–Crippen MR) is 628 cm³/mol. The highest BCUT2D eigenvalue weighted by atomic mass is 32.1. The number of fused-ring (bicyclic) bond motifs is 32. The highest BCUT2D eigenvalue weighted by molar-refractivity contribution is 7.27. The maximum absolute atomic E-state index is 5.27. The van der Waals surface area contributed by atoms with Crippen LogP contribution in [0.15, 0.2) is 468 Å². The lowest BCUT2D eigenvalue weighted by Gasteiger charge is -2.15. The number of pyridine rings is 9. The summed E-state index contributed by atoms with van der Waals surface area (Å²) in [7, 11) is 0. The lowest BCUT2D eigenvalue weighted by atomic mass is 9.90. The van der Waals surface area contributed by atoms with Crippen molar-refractivity contribution < 1.29 is 0 Å². The van der Waals surface area contributed by atoms with Crippen LogP contribution in [-0.2, 0) is 0 Å². The summed E-state index contributed by atoms with van der Waals surface area (Å²) in [4.78, 5) is 53.3. The van der Waals surface area contributed by atoms with E-state index in [-0.39, 0.29) is 0 Å². The van der Waals surface area contributed by atoms with Gasteiger partial charge in [0, 0.05) is 219 Å². The zero-order valence-corrected chi connectivity index (χ0v) is 82.0. The topological polar surface area (TPSA) is 142 Å². The first kappa shape index (κ1) is 85.5. The molecule has 13 aromatic heterocycles. The van der Waals surface area contributed by atoms with Crippen molar-refractivity contribution in [3.8, 4) is 101 Å². The van der Waals surface area contributed by atoms with Gasteiger partial charge in [-0.3, -0.25) is 29.9 Å². The minimum atomic E-state index is 0.675. The van der Waals surface area contributed by atoms with E-state index >= 15 is 0 Å². The Balaban J connectivity index is 0.000000103. The largest absolute Gasteiger partial charge is 0.254 e. The van der Waals surface area contributed by atoms with Gasteiger partial charge in [-0.1, -0.05) is 334 Å². The highest BCUT2D eigenvalue weighted by Gasteiger charge is 2.25. The maximum atomic E-state index is 5.27. The number of hydrogen-bond acceptors (Lipinski definition) is 14. The first-order valence-corrected chi connectivity index (χ1v) is 52.3. The van der Waals surface area contributed by atoms with Gasteiger partial charge in [0.25, 0.3) is 0 Å². The number of hydrogen-bond donors (Lipinski definition) is 0. The molecule has 0 radical (unpaired) electrons. The fourth-order valence-electron chi connectivity index (χ4n) is 22.7. The van der Waals surface area contributed by atoms with Gasteiger partial charge in [0.15, 0.2) is 5.82 Å². The van der Waals surface area contributed by atoms with Gasteiger partial charge in [-0.2, -0.15) is 0 Å². The SMILES string of the molecule is c1cnc2c(c1)ccc1c(-c3ccc(-c4ccc(-c5nc6ccccc6c6c5ccc5c7ccccc7sc56)cc4)c4ccccc34)ccnc12.c1cnc2c(c1)ccc1c(-c3ccc4cc(-c5ccc(-c6nc7ccccc7c7c6ccc6c8ccccc8sc67)cc5)ccc4c3)ccnc12.c1cnc2c(c1)ccc1c(-c3cnc(-c4ccc(-c5nc6ccccc6c6c5ccc5c7ccccc7sc56)cc4)nc3)ccnc12. The van der Waals surface area contributed by atoms with E-state index in [4.69, 9.17) is 34.9 Å². The third kappa shape index (κ3) is 14.2. The quantitative estimate of drug-likeness (QED) is 0.127. The molecule has 14 heteroatoms. The second-order valence-electron chi connectivity index (χ2n) is 38.0. The van der Waals surface area contributed by atoms with Crippen molar-refractivity contribution in [3.05, 3.63) is 468 Å². The summed E-state index contributed by atoms with van der Waals surface area (Å²) in [5.74, 6) is 0.675. The fraction of sp³-hybridized carbons (Fsp3) is 0. The number of rotatable bonds is 9. The average Bonchev–Trinajstić information content (AvgIpc) is 1.62. The smallest absolute Gasteiger partial charge is 0.159 e. The van der Waals surface area contributed by atoms with E-state index in [1.807, 2.05) is 108 Å². The Bertz CT molecular complexity index is 11200. The number of nitrogens with zero attached hydrogens (tertiary/aromatic N) is 11. The highest BCUT2D eigenvalue weighted by Crippen LogP contribution is 2.51. The molecule has 32 rings (SSSR count). The second kappa shape index (κ2) is 34.9. The minimum Gasteiger partial charge on any atom is -0.254 e. The van der Waals surface area contributed by atoms with E-state index in [1.54, 1.807) is 0 Å². The molecule has 0 spiro atoms. The summed E-state index contributed by atoms with van der Waals surface area (Å²) >= 11 is 5.61. The summed E-state index contributed by atoms with van der Waals surface area (Å²) < 4.78 is 7.88. The van der Waals surface area contributed by atoms with E-state index in [0.29, 0.717) is 5.82 Å². The maximum Gasteiger partial charge on any atom is 0.159 e. The van der Waals surface area contributed by atoms with Gasteiger partial charge in [-0.05, 0) is 157 Å². The minimum absolute atomic E-state index is 0.675. The summed E-state index contributed by atoms with van der Waals surface area (Å²) in [6.45, 7) is 0. The van der Waals surface area contributed by atoms with Crippen molar-refractivity contribution >= 4 is 247 Å². The van der Waals surface area contributed by atoms with Crippen LogP contribution in [0.5, 0.6) is 0 Å². The Labute approximate surface area is 863 Å². The molecule has 0 saturated carbocycles. The molecule has 13 heterocycles. The average molecular weight is 1950 g/mol. The number of thiophene rings is 3. The molecule has 0 bridgehead atoms. The van der Waals surface area contributed by atoms with Crippen LogP contribution in [0.4, 0.5) is 0 Å². The van der Waals surface area contributed by atoms with E-state index < -0.39 is 0 Å². The Morgan fingerprint density at radius 3 is 0.886 bits per heavy atom. The Kier molecular flexibility index (Phi) is 20.0. The molecule has 0 fully saturated rings. The van der Waals surface area contributed by atoms with Gasteiger partial charge < -0.3 is 0 Å². The fourth-order valence-corrected chi connectivity index (χ4v) is 26.5. The molecule has 0 aliphatic carbocycles. The molecule has 690 valence electrons. The lowest BCUT2D eigenvalue weighted by Crippen LogP contribution is -1.93. The second-order valence-corrected chi connectivity index (χ2v) is 41.2. The normalized spacial score (nSPS) is 11.9. The van der Waals surface area contributed by atoms with Crippen LogP contribution in [0.1, 0.15) is 0 Å². The lowest BCUT2D eigenvalue weighted by molar-refractivity contribution is 1.18. The van der Waals surface area contributed by atoms with Crippen molar-refractivity contribution in [1.29, 1.82) is 0 Å². The van der Waals surface area contributed by atoms with Crippen molar-refractivity contribution in [2.24, 2.45) is 0 Å². The molecule has 0 saturated heterocycles. The monoisotopic (exact) mass is 1950 g/mol. The number of aromatic nitrogens is 11. The number of para-hydroxylation sites is 3. The van der Waals surface area contributed by atoms with E-state index in [2.05, 4.69) is 414 Å². The van der Waals surface area contributed by atoms with E-state index in [9.17, 15) is 0 Å². The summed E-state index contributed by atoms with van der Waals surface area (Å²) in [5, 5.41) is 30.1. The predicted octanol–water partition coefficient (Wildman–Crippen LogP) is 36.7. The van der Waals surface area contributed by atoms with Gasteiger partial charge >= 0.3 is 0 Å². The molecule has 0 unspecified atom stereocenters. The molecule has 0 amide bonds. The first-order chi connectivity index (χ1) is 73.9.